The summed E-state index contributed by atoms with van der Waals surface area (Å²) in [4.78, 5) is 0.251. The van der Waals surface area contributed by atoms with E-state index >= 15 is 0 Å². The van der Waals surface area contributed by atoms with E-state index in [-0.39, 0.29) is 11.5 Å². The van der Waals surface area contributed by atoms with Gasteiger partial charge in [-0.25, -0.2) is 8.42 Å². The van der Waals surface area contributed by atoms with Crippen molar-refractivity contribution in [2.45, 2.75) is 31.6 Å². The monoisotopic (exact) mass is 301 g/mol. The summed E-state index contributed by atoms with van der Waals surface area (Å²) in [6.07, 6.45) is 1.34. The number of rotatable bonds is 9. The maximum Gasteiger partial charge on any atom is 0.243 e. The topological polar surface area (TPSA) is 66.8 Å². The van der Waals surface area contributed by atoms with E-state index in [0.717, 1.165) is 6.42 Å². The molecule has 0 fully saturated rings. The summed E-state index contributed by atoms with van der Waals surface area (Å²) in [7, 11) is -3.49. The summed E-state index contributed by atoms with van der Waals surface area (Å²) in [5, 5.41) is 8.83. The molecule has 0 amide bonds. The number of sulfonamides is 1. The summed E-state index contributed by atoms with van der Waals surface area (Å²) >= 11 is 0. The van der Waals surface area contributed by atoms with Crippen LogP contribution in [-0.4, -0.2) is 44.1 Å². The molecule has 0 aromatic heterocycles. The smallest absolute Gasteiger partial charge is 0.243 e. The second-order valence-electron chi connectivity index (χ2n) is 4.39. The van der Waals surface area contributed by atoms with Gasteiger partial charge in [0.15, 0.2) is 0 Å². The third kappa shape index (κ3) is 4.47. The van der Waals surface area contributed by atoms with Crippen LogP contribution in [0.3, 0.4) is 0 Å². The quantitative estimate of drug-likeness (QED) is 0.756. The molecule has 0 unspecified atom stereocenters. The van der Waals surface area contributed by atoms with Crippen LogP contribution < -0.4 is 4.74 Å². The van der Waals surface area contributed by atoms with Crippen LogP contribution >= 0.6 is 0 Å². The van der Waals surface area contributed by atoms with Crippen LogP contribution in [0.2, 0.25) is 0 Å². The Kier molecular flexibility index (Phi) is 6.98. The Bertz CT molecular complexity index is 484. The van der Waals surface area contributed by atoms with Gasteiger partial charge >= 0.3 is 0 Å². The third-order valence-electron chi connectivity index (χ3n) is 2.85. The SMILES string of the molecule is CCCOc1ccc(S(=O)(=O)N(CC)CCCO)cc1. The largest absolute Gasteiger partial charge is 0.494 e. The van der Waals surface area contributed by atoms with Crippen LogP contribution in [0.4, 0.5) is 0 Å². The van der Waals surface area contributed by atoms with Gasteiger partial charge in [-0.15, -0.1) is 0 Å². The highest BCUT2D eigenvalue weighted by molar-refractivity contribution is 7.89. The molecule has 0 atom stereocenters. The first kappa shape index (κ1) is 16.9. The van der Waals surface area contributed by atoms with Crippen molar-refractivity contribution in [1.82, 2.24) is 4.31 Å². The zero-order valence-electron chi connectivity index (χ0n) is 12.1. The van der Waals surface area contributed by atoms with Crippen molar-refractivity contribution in [3.8, 4) is 5.75 Å². The van der Waals surface area contributed by atoms with Crippen molar-refractivity contribution in [3.05, 3.63) is 24.3 Å². The van der Waals surface area contributed by atoms with E-state index in [1.54, 1.807) is 31.2 Å². The fourth-order valence-corrected chi connectivity index (χ4v) is 3.26. The Balaban J connectivity index is 2.85. The van der Waals surface area contributed by atoms with Crippen LogP contribution in [0.25, 0.3) is 0 Å². The molecule has 0 saturated carbocycles. The highest BCUT2D eigenvalue weighted by Gasteiger charge is 2.22. The molecule has 20 heavy (non-hydrogen) atoms. The van der Waals surface area contributed by atoms with E-state index in [4.69, 9.17) is 9.84 Å². The van der Waals surface area contributed by atoms with Crippen LogP contribution in [0, 0.1) is 0 Å². The molecular formula is C14H23NO4S. The van der Waals surface area contributed by atoms with Crippen molar-refractivity contribution in [1.29, 1.82) is 0 Å². The predicted octanol–water partition coefficient (Wildman–Crippen LogP) is 1.87. The lowest BCUT2D eigenvalue weighted by atomic mass is 10.3. The Labute approximate surface area is 121 Å². The van der Waals surface area contributed by atoms with E-state index in [0.29, 0.717) is 31.9 Å². The lowest BCUT2D eigenvalue weighted by molar-refractivity contribution is 0.271. The van der Waals surface area contributed by atoms with Crippen molar-refractivity contribution < 1.29 is 18.3 Å². The Morgan fingerprint density at radius 3 is 2.35 bits per heavy atom. The number of aliphatic hydroxyl groups is 1. The molecule has 1 rings (SSSR count). The first-order valence-electron chi connectivity index (χ1n) is 6.90. The minimum atomic E-state index is -3.49. The fraction of sp³-hybridized carbons (Fsp3) is 0.571. The van der Waals surface area contributed by atoms with Crippen LogP contribution in [0.1, 0.15) is 26.7 Å². The maximum absolute atomic E-state index is 12.4. The third-order valence-corrected chi connectivity index (χ3v) is 4.84. The number of hydrogen-bond donors (Lipinski definition) is 1. The molecule has 0 heterocycles. The molecule has 114 valence electrons. The van der Waals surface area contributed by atoms with Crippen molar-refractivity contribution in [2.75, 3.05) is 26.3 Å². The van der Waals surface area contributed by atoms with Gasteiger partial charge in [-0.05, 0) is 37.1 Å². The summed E-state index contributed by atoms with van der Waals surface area (Å²) in [6.45, 7) is 5.10. The van der Waals surface area contributed by atoms with Gasteiger partial charge in [0.2, 0.25) is 10.0 Å². The molecule has 0 spiro atoms. The normalized spacial score (nSPS) is 11.8. The van der Waals surface area contributed by atoms with E-state index in [1.165, 1.54) is 4.31 Å². The van der Waals surface area contributed by atoms with Crippen molar-refractivity contribution in [3.63, 3.8) is 0 Å². The number of hydrogen-bond acceptors (Lipinski definition) is 4. The molecule has 5 nitrogen and oxygen atoms in total. The van der Waals surface area contributed by atoms with Gasteiger partial charge in [-0.1, -0.05) is 13.8 Å². The molecular weight excluding hydrogens is 278 g/mol. The van der Waals surface area contributed by atoms with Crippen LogP contribution in [0.5, 0.6) is 5.75 Å². The van der Waals surface area contributed by atoms with Crippen LogP contribution in [-0.2, 0) is 10.0 Å². The van der Waals surface area contributed by atoms with E-state index in [9.17, 15) is 8.42 Å². The van der Waals surface area contributed by atoms with Gasteiger partial charge in [-0.2, -0.15) is 4.31 Å². The summed E-state index contributed by atoms with van der Waals surface area (Å²) in [5.74, 6) is 0.671. The van der Waals surface area contributed by atoms with Gasteiger partial charge in [0.25, 0.3) is 0 Å². The molecule has 0 aliphatic carbocycles. The zero-order valence-corrected chi connectivity index (χ0v) is 12.9. The average molecular weight is 301 g/mol. The molecule has 1 N–H and O–H groups in total. The van der Waals surface area contributed by atoms with E-state index in [2.05, 4.69) is 0 Å². The number of nitrogens with zero attached hydrogens (tertiary/aromatic N) is 1. The number of ether oxygens (including phenoxy) is 1. The average Bonchev–Trinajstić information content (AvgIpc) is 2.46. The molecule has 0 aliphatic heterocycles. The summed E-state index contributed by atoms with van der Waals surface area (Å²) in [5.41, 5.74) is 0. The van der Waals surface area contributed by atoms with Crippen molar-refractivity contribution >= 4 is 10.0 Å². The van der Waals surface area contributed by atoms with Gasteiger partial charge in [0.05, 0.1) is 11.5 Å². The van der Waals surface area contributed by atoms with Crippen molar-refractivity contribution in [2.24, 2.45) is 0 Å². The van der Waals surface area contributed by atoms with E-state index < -0.39 is 10.0 Å². The standard InChI is InChI=1S/C14H23NO4S/c1-3-12-19-13-6-8-14(9-7-13)20(17,18)15(4-2)10-5-11-16/h6-9,16H,3-5,10-12H2,1-2H3. The van der Waals surface area contributed by atoms with Gasteiger partial charge in [-0.3, -0.25) is 0 Å². The molecule has 0 aliphatic rings. The predicted molar refractivity (Wildman–Crippen MR) is 78.4 cm³/mol. The van der Waals surface area contributed by atoms with Gasteiger partial charge < -0.3 is 9.84 Å². The first-order chi connectivity index (χ1) is 9.56. The molecule has 1 aromatic carbocycles. The minimum absolute atomic E-state index is 0.0180. The second kappa shape index (κ2) is 8.24. The number of aliphatic hydroxyl groups excluding tert-OH is 1. The summed E-state index contributed by atoms with van der Waals surface area (Å²) in [6, 6.07) is 6.45. The highest BCUT2D eigenvalue weighted by Crippen LogP contribution is 2.19. The zero-order chi connectivity index (χ0) is 15.0. The van der Waals surface area contributed by atoms with Gasteiger partial charge in [0.1, 0.15) is 5.75 Å². The maximum atomic E-state index is 12.4. The second-order valence-corrected chi connectivity index (χ2v) is 6.33. The lowest BCUT2D eigenvalue weighted by Gasteiger charge is -2.20. The summed E-state index contributed by atoms with van der Waals surface area (Å²) < 4.78 is 31.6. The minimum Gasteiger partial charge on any atom is -0.494 e. The molecule has 6 heteroatoms. The lowest BCUT2D eigenvalue weighted by Crippen LogP contribution is -2.32. The fourth-order valence-electron chi connectivity index (χ4n) is 1.77. The number of benzene rings is 1. The molecule has 0 saturated heterocycles. The Morgan fingerprint density at radius 1 is 1.20 bits per heavy atom. The molecule has 1 aromatic rings. The highest BCUT2D eigenvalue weighted by atomic mass is 32.2. The Hall–Kier alpha value is -1.11. The molecule has 0 radical (unpaired) electrons. The van der Waals surface area contributed by atoms with E-state index in [1.807, 2.05) is 6.92 Å². The van der Waals surface area contributed by atoms with Crippen LogP contribution in [0.15, 0.2) is 29.2 Å². The van der Waals surface area contributed by atoms with Gasteiger partial charge in [0, 0.05) is 19.7 Å². The molecule has 0 bridgehead atoms. The first-order valence-corrected chi connectivity index (χ1v) is 8.34. The Morgan fingerprint density at radius 2 is 1.85 bits per heavy atom.